The van der Waals surface area contributed by atoms with Gasteiger partial charge in [-0.15, -0.1) is 0 Å². The predicted octanol–water partition coefficient (Wildman–Crippen LogP) is 2.22. The van der Waals surface area contributed by atoms with Crippen LogP contribution in [0.1, 0.15) is 30.2 Å². The Labute approximate surface area is 114 Å². The Bertz CT molecular complexity index is 420. The highest BCUT2D eigenvalue weighted by atomic mass is 32.2. The minimum absolute atomic E-state index is 0.484. The first-order valence-electron chi connectivity index (χ1n) is 6.61. The summed E-state index contributed by atoms with van der Waals surface area (Å²) in [6.07, 6.45) is 5.67. The van der Waals surface area contributed by atoms with Crippen LogP contribution in [0.4, 0.5) is 5.82 Å². The molecule has 0 aromatic carbocycles. The molecule has 3 nitrogen and oxygen atoms in total. The summed E-state index contributed by atoms with van der Waals surface area (Å²) in [5.41, 5.74) is 9.76. The van der Waals surface area contributed by atoms with Crippen molar-refractivity contribution >= 4 is 17.6 Å². The quantitative estimate of drug-likeness (QED) is 0.886. The van der Waals surface area contributed by atoms with Crippen molar-refractivity contribution in [1.82, 2.24) is 4.98 Å². The molecule has 1 heterocycles. The van der Waals surface area contributed by atoms with Crippen LogP contribution >= 0.6 is 11.8 Å². The summed E-state index contributed by atoms with van der Waals surface area (Å²) in [5.74, 6) is 2.19. The first-order chi connectivity index (χ1) is 8.67. The smallest absolute Gasteiger partial charge is 0.133 e. The van der Waals surface area contributed by atoms with Gasteiger partial charge in [-0.1, -0.05) is 0 Å². The van der Waals surface area contributed by atoms with Crippen molar-refractivity contribution in [2.45, 2.75) is 38.8 Å². The molecule has 0 saturated heterocycles. The molecule has 0 bridgehead atoms. The molecule has 1 aromatic heterocycles. The van der Waals surface area contributed by atoms with E-state index in [9.17, 15) is 0 Å². The van der Waals surface area contributed by atoms with E-state index in [4.69, 9.17) is 10.7 Å². The fourth-order valence-corrected chi connectivity index (χ4v) is 3.23. The van der Waals surface area contributed by atoms with Gasteiger partial charge in [0.2, 0.25) is 0 Å². The molecule has 1 aliphatic rings. The zero-order valence-corrected chi connectivity index (χ0v) is 12.4. The summed E-state index contributed by atoms with van der Waals surface area (Å²) >= 11 is 1.87. The summed E-state index contributed by atoms with van der Waals surface area (Å²) in [4.78, 5) is 7.14. The third kappa shape index (κ3) is 2.64. The summed E-state index contributed by atoms with van der Waals surface area (Å²) in [6, 6.07) is 2.75. The minimum atomic E-state index is 0.484. The van der Waals surface area contributed by atoms with Gasteiger partial charge in [0.25, 0.3) is 0 Å². The topological polar surface area (TPSA) is 42.2 Å². The van der Waals surface area contributed by atoms with Gasteiger partial charge in [-0.3, -0.25) is 0 Å². The number of pyridine rings is 1. The first-order valence-corrected chi connectivity index (χ1v) is 8.00. The van der Waals surface area contributed by atoms with Crippen LogP contribution in [0.5, 0.6) is 0 Å². The summed E-state index contributed by atoms with van der Waals surface area (Å²) in [5, 5.41) is 0. The van der Waals surface area contributed by atoms with Crippen LogP contribution in [0.2, 0.25) is 0 Å². The van der Waals surface area contributed by atoms with E-state index in [1.807, 2.05) is 11.8 Å². The van der Waals surface area contributed by atoms with Crippen molar-refractivity contribution in [2.75, 3.05) is 24.0 Å². The second-order valence-corrected chi connectivity index (χ2v) is 5.96. The van der Waals surface area contributed by atoms with Gasteiger partial charge >= 0.3 is 0 Å². The van der Waals surface area contributed by atoms with Crippen molar-refractivity contribution in [3.63, 3.8) is 0 Å². The predicted molar refractivity (Wildman–Crippen MR) is 80.4 cm³/mol. The van der Waals surface area contributed by atoms with Crippen molar-refractivity contribution in [3.05, 3.63) is 22.9 Å². The Kier molecular flexibility index (Phi) is 4.51. The third-order valence-corrected chi connectivity index (χ3v) is 4.55. The minimum Gasteiger partial charge on any atom is -0.356 e. The molecule has 0 saturated carbocycles. The second kappa shape index (κ2) is 5.93. The molecular weight excluding hydrogens is 242 g/mol. The Morgan fingerprint density at radius 2 is 2.28 bits per heavy atom. The van der Waals surface area contributed by atoms with Crippen molar-refractivity contribution in [3.8, 4) is 0 Å². The molecule has 2 N–H and O–H groups in total. The average molecular weight is 265 g/mol. The van der Waals surface area contributed by atoms with Crippen LogP contribution in [0.25, 0.3) is 0 Å². The summed E-state index contributed by atoms with van der Waals surface area (Å²) < 4.78 is 0. The first kappa shape index (κ1) is 13.7. The van der Waals surface area contributed by atoms with Crippen molar-refractivity contribution in [2.24, 2.45) is 5.73 Å². The molecule has 0 aliphatic heterocycles. The maximum Gasteiger partial charge on any atom is 0.133 e. The van der Waals surface area contributed by atoms with E-state index >= 15 is 0 Å². The van der Waals surface area contributed by atoms with Crippen LogP contribution in [-0.4, -0.2) is 30.1 Å². The van der Waals surface area contributed by atoms with Gasteiger partial charge < -0.3 is 10.6 Å². The Hall–Kier alpha value is -0.740. The molecule has 1 aromatic rings. The van der Waals surface area contributed by atoms with Crippen LogP contribution in [0.3, 0.4) is 0 Å². The number of rotatable bonds is 5. The number of nitrogens with two attached hydrogens (primary N) is 1. The van der Waals surface area contributed by atoms with E-state index in [-0.39, 0.29) is 0 Å². The molecule has 0 radical (unpaired) electrons. The molecule has 0 fully saturated rings. The van der Waals surface area contributed by atoms with E-state index in [0.29, 0.717) is 12.6 Å². The Morgan fingerprint density at radius 3 is 2.94 bits per heavy atom. The molecule has 0 spiro atoms. The molecule has 18 heavy (non-hydrogen) atoms. The standard InChI is InChI=1S/C14H23N3S/c1-10(9-18-3)17(2)14-12(8-15)7-11-5-4-6-13(11)16-14/h7,10H,4-6,8-9,15H2,1-3H3. The maximum absolute atomic E-state index is 5.88. The van der Waals surface area contributed by atoms with Gasteiger partial charge in [-0.25, -0.2) is 4.98 Å². The highest BCUT2D eigenvalue weighted by Crippen LogP contribution is 2.27. The van der Waals surface area contributed by atoms with Gasteiger partial charge in [0.15, 0.2) is 0 Å². The lowest BCUT2D eigenvalue weighted by molar-refractivity contribution is 0.743. The molecule has 0 amide bonds. The fraction of sp³-hybridized carbons (Fsp3) is 0.643. The van der Waals surface area contributed by atoms with Crippen LogP contribution < -0.4 is 10.6 Å². The van der Waals surface area contributed by atoms with Crippen molar-refractivity contribution in [1.29, 1.82) is 0 Å². The Balaban J connectivity index is 2.31. The third-order valence-electron chi connectivity index (χ3n) is 3.73. The number of aryl methyl sites for hydroxylation is 2. The lowest BCUT2D eigenvalue weighted by atomic mass is 10.1. The van der Waals surface area contributed by atoms with E-state index in [1.165, 1.54) is 29.7 Å². The van der Waals surface area contributed by atoms with Crippen LogP contribution in [-0.2, 0) is 19.4 Å². The monoisotopic (exact) mass is 265 g/mol. The van der Waals surface area contributed by atoms with Gasteiger partial charge in [0.1, 0.15) is 5.82 Å². The van der Waals surface area contributed by atoms with Gasteiger partial charge in [-0.2, -0.15) is 11.8 Å². The van der Waals surface area contributed by atoms with Gasteiger partial charge in [0, 0.05) is 36.6 Å². The molecule has 1 unspecified atom stereocenters. The fourth-order valence-electron chi connectivity index (χ4n) is 2.53. The van der Waals surface area contributed by atoms with Crippen molar-refractivity contribution < 1.29 is 0 Å². The molecule has 2 rings (SSSR count). The zero-order chi connectivity index (χ0) is 13.1. The van der Waals surface area contributed by atoms with E-state index in [0.717, 1.165) is 18.0 Å². The zero-order valence-electron chi connectivity index (χ0n) is 11.6. The van der Waals surface area contributed by atoms with Crippen LogP contribution in [0, 0.1) is 0 Å². The molecule has 4 heteroatoms. The SMILES string of the molecule is CSCC(C)N(C)c1nc2c(cc1CN)CCC2. The highest BCUT2D eigenvalue weighted by Gasteiger charge is 2.19. The normalized spacial score (nSPS) is 15.6. The molecule has 100 valence electrons. The van der Waals surface area contributed by atoms with Gasteiger partial charge in [-0.05, 0) is 44.1 Å². The number of hydrogen-bond acceptors (Lipinski definition) is 4. The highest BCUT2D eigenvalue weighted by molar-refractivity contribution is 7.98. The second-order valence-electron chi connectivity index (χ2n) is 5.05. The number of hydrogen-bond donors (Lipinski definition) is 1. The largest absolute Gasteiger partial charge is 0.356 e. The van der Waals surface area contributed by atoms with E-state index in [2.05, 4.69) is 31.2 Å². The maximum atomic E-state index is 5.88. The lowest BCUT2D eigenvalue weighted by Crippen LogP contribution is -2.33. The summed E-state index contributed by atoms with van der Waals surface area (Å²) in [7, 11) is 2.13. The molecule has 1 atom stereocenters. The number of nitrogens with zero attached hydrogens (tertiary/aromatic N) is 2. The summed E-state index contributed by atoms with van der Waals surface area (Å²) in [6.45, 7) is 2.82. The lowest BCUT2D eigenvalue weighted by Gasteiger charge is -2.28. The van der Waals surface area contributed by atoms with Gasteiger partial charge in [0.05, 0.1) is 0 Å². The van der Waals surface area contributed by atoms with Crippen LogP contribution in [0.15, 0.2) is 6.07 Å². The number of anilines is 1. The average Bonchev–Trinajstić information content (AvgIpc) is 2.83. The number of thioether (sulfide) groups is 1. The van der Waals surface area contributed by atoms with E-state index < -0.39 is 0 Å². The molecular formula is C14H23N3S. The molecule has 1 aliphatic carbocycles. The number of aromatic nitrogens is 1. The Morgan fingerprint density at radius 1 is 1.50 bits per heavy atom. The van der Waals surface area contributed by atoms with E-state index in [1.54, 1.807) is 0 Å². The number of fused-ring (bicyclic) bond motifs is 1.